The molecule has 0 aromatic heterocycles. The summed E-state index contributed by atoms with van der Waals surface area (Å²) in [6.07, 6.45) is 12.5. The van der Waals surface area contributed by atoms with E-state index in [9.17, 15) is 0 Å². The number of hydrogen-bond donors (Lipinski definition) is 0. The van der Waals surface area contributed by atoms with Gasteiger partial charge in [0.25, 0.3) is 0 Å². The first kappa shape index (κ1) is 10.8. The van der Waals surface area contributed by atoms with Gasteiger partial charge in [0.1, 0.15) is 0 Å². The smallest absolute Gasteiger partial charge is 0.0647 e. The van der Waals surface area contributed by atoms with Gasteiger partial charge in [-0.1, -0.05) is 38.3 Å². The lowest BCUT2D eigenvalue weighted by Crippen LogP contribution is -2.13. The van der Waals surface area contributed by atoms with Crippen molar-refractivity contribution < 1.29 is 4.74 Å². The summed E-state index contributed by atoms with van der Waals surface area (Å²) in [6.45, 7) is 3.94. The van der Waals surface area contributed by atoms with Crippen LogP contribution in [-0.4, -0.2) is 13.2 Å². The highest BCUT2D eigenvalue weighted by Crippen LogP contribution is 2.23. The lowest BCUT2D eigenvalue weighted by atomic mass is 9.90. The molecule has 0 bridgehead atoms. The van der Waals surface area contributed by atoms with Crippen LogP contribution in [0.15, 0.2) is 12.2 Å². The first-order chi connectivity index (χ1) is 6.43. The van der Waals surface area contributed by atoms with Crippen molar-refractivity contribution in [1.29, 1.82) is 0 Å². The van der Waals surface area contributed by atoms with Crippen molar-refractivity contribution in [2.45, 2.75) is 45.4 Å². The van der Waals surface area contributed by atoms with Crippen LogP contribution in [-0.2, 0) is 4.74 Å². The largest absolute Gasteiger partial charge is 0.377 e. The number of allylic oxidation sites excluding steroid dienone is 1. The van der Waals surface area contributed by atoms with Crippen molar-refractivity contribution in [3.05, 3.63) is 12.2 Å². The Morgan fingerprint density at radius 1 is 1.15 bits per heavy atom. The molecule has 0 radical (unpaired) electrons. The van der Waals surface area contributed by atoms with Crippen LogP contribution in [0.5, 0.6) is 0 Å². The Hall–Kier alpha value is -0.300. The second-order valence-corrected chi connectivity index (χ2v) is 3.92. The first-order valence-electron chi connectivity index (χ1n) is 5.66. The van der Waals surface area contributed by atoms with E-state index in [0.29, 0.717) is 0 Å². The molecule has 1 aliphatic rings. The zero-order valence-electron chi connectivity index (χ0n) is 8.80. The molecule has 0 aliphatic heterocycles. The molecule has 1 fully saturated rings. The average molecular weight is 182 g/mol. The molecule has 1 aliphatic carbocycles. The quantitative estimate of drug-likeness (QED) is 0.466. The fourth-order valence-electron chi connectivity index (χ4n) is 1.89. The van der Waals surface area contributed by atoms with Gasteiger partial charge in [-0.15, -0.1) is 0 Å². The predicted molar refractivity (Wildman–Crippen MR) is 56.8 cm³/mol. The fraction of sp³-hybridized carbons (Fsp3) is 0.833. The molecule has 0 saturated heterocycles. The van der Waals surface area contributed by atoms with Crippen LogP contribution in [0.25, 0.3) is 0 Å². The maximum atomic E-state index is 5.59. The summed E-state index contributed by atoms with van der Waals surface area (Å²) in [7, 11) is 0. The lowest BCUT2D eigenvalue weighted by Gasteiger charge is -2.20. The molecule has 0 amide bonds. The van der Waals surface area contributed by atoms with Crippen molar-refractivity contribution in [2.24, 2.45) is 5.92 Å². The second kappa shape index (κ2) is 7.14. The summed E-state index contributed by atoms with van der Waals surface area (Å²) in [4.78, 5) is 0. The van der Waals surface area contributed by atoms with Crippen molar-refractivity contribution in [1.82, 2.24) is 0 Å². The summed E-state index contributed by atoms with van der Waals surface area (Å²) < 4.78 is 5.59. The van der Waals surface area contributed by atoms with Gasteiger partial charge in [0.15, 0.2) is 0 Å². The fourth-order valence-corrected chi connectivity index (χ4v) is 1.89. The van der Waals surface area contributed by atoms with Gasteiger partial charge in [-0.05, 0) is 25.2 Å². The van der Waals surface area contributed by atoms with Gasteiger partial charge in [0, 0.05) is 6.61 Å². The number of hydrogen-bond acceptors (Lipinski definition) is 1. The van der Waals surface area contributed by atoms with E-state index in [1.807, 2.05) is 0 Å². The van der Waals surface area contributed by atoms with Crippen LogP contribution >= 0.6 is 0 Å². The van der Waals surface area contributed by atoms with E-state index in [0.717, 1.165) is 25.6 Å². The molecule has 1 heteroatoms. The van der Waals surface area contributed by atoms with E-state index in [1.54, 1.807) is 0 Å². The third kappa shape index (κ3) is 5.09. The van der Waals surface area contributed by atoms with Gasteiger partial charge in [0.2, 0.25) is 0 Å². The van der Waals surface area contributed by atoms with E-state index in [1.165, 1.54) is 32.1 Å². The molecular weight excluding hydrogens is 160 g/mol. The molecule has 1 saturated carbocycles. The van der Waals surface area contributed by atoms with Gasteiger partial charge in [0.05, 0.1) is 6.61 Å². The van der Waals surface area contributed by atoms with E-state index in [2.05, 4.69) is 19.1 Å². The molecule has 0 atom stereocenters. The molecule has 0 aromatic carbocycles. The van der Waals surface area contributed by atoms with Crippen LogP contribution in [0.4, 0.5) is 0 Å². The van der Waals surface area contributed by atoms with Gasteiger partial charge < -0.3 is 4.74 Å². The standard InChI is InChI=1S/C12H22O/c1-2-3-7-10-13-11-12-8-5-4-6-9-12/h3,7,12H,2,4-6,8-11H2,1H3/b7-3-. The Bertz CT molecular complexity index is 134. The Morgan fingerprint density at radius 3 is 2.62 bits per heavy atom. The Morgan fingerprint density at radius 2 is 1.92 bits per heavy atom. The lowest BCUT2D eigenvalue weighted by molar-refractivity contribution is 0.105. The van der Waals surface area contributed by atoms with Crippen LogP contribution in [0.2, 0.25) is 0 Å². The highest BCUT2D eigenvalue weighted by atomic mass is 16.5. The van der Waals surface area contributed by atoms with Crippen LogP contribution < -0.4 is 0 Å². The third-order valence-corrected chi connectivity index (χ3v) is 2.69. The maximum Gasteiger partial charge on any atom is 0.0647 e. The summed E-state index contributed by atoms with van der Waals surface area (Å²) in [5.41, 5.74) is 0. The second-order valence-electron chi connectivity index (χ2n) is 3.92. The summed E-state index contributed by atoms with van der Waals surface area (Å²) in [6, 6.07) is 0. The SMILES string of the molecule is CC/C=C\COCC1CCCCC1. The molecule has 0 aromatic rings. The van der Waals surface area contributed by atoms with E-state index in [-0.39, 0.29) is 0 Å². The first-order valence-corrected chi connectivity index (χ1v) is 5.66. The minimum absolute atomic E-state index is 0.810. The topological polar surface area (TPSA) is 9.23 Å². The third-order valence-electron chi connectivity index (χ3n) is 2.69. The number of ether oxygens (including phenoxy) is 1. The molecule has 0 spiro atoms. The van der Waals surface area contributed by atoms with Gasteiger partial charge in [-0.2, -0.15) is 0 Å². The zero-order chi connectivity index (χ0) is 9.36. The van der Waals surface area contributed by atoms with Crippen molar-refractivity contribution in [3.8, 4) is 0 Å². The molecule has 13 heavy (non-hydrogen) atoms. The van der Waals surface area contributed by atoms with E-state index < -0.39 is 0 Å². The van der Waals surface area contributed by atoms with Crippen LogP contribution in [0, 0.1) is 5.92 Å². The predicted octanol–water partition coefficient (Wildman–Crippen LogP) is 3.55. The summed E-state index contributed by atoms with van der Waals surface area (Å²) in [5, 5.41) is 0. The molecule has 76 valence electrons. The maximum absolute atomic E-state index is 5.59. The monoisotopic (exact) mass is 182 g/mol. The van der Waals surface area contributed by atoms with Crippen LogP contribution in [0.1, 0.15) is 45.4 Å². The van der Waals surface area contributed by atoms with Gasteiger partial charge in [-0.25, -0.2) is 0 Å². The Balaban J connectivity index is 1.95. The van der Waals surface area contributed by atoms with Crippen molar-refractivity contribution in [3.63, 3.8) is 0 Å². The number of rotatable bonds is 5. The summed E-state index contributed by atoms with van der Waals surface area (Å²) in [5.74, 6) is 0.851. The molecular formula is C12H22O. The highest BCUT2D eigenvalue weighted by molar-refractivity contribution is 4.79. The van der Waals surface area contributed by atoms with Crippen molar-refractivity contribution >= 4 is 0 Å². The average Bonchev–Trinajstić information content (AvgIpc) is 2.19. The molecule has 0 N–H and O–H groups in total. The van der Waals surface area contributed by atoms with Gasteiger partial charge >= 0.3 is 0 Å². The van der Waals surface area contributed by atoms with E-state index in [4.69, 9.17) is 4.74 Å². The molecule has 0 heterocycles. The normalized spacial score (nSPS) is 19.8. The molecule has 1 nitrogen and oxygen atoms in total. The Kier molecular flexibility index (Phi) is 5.92. The molecule has 0 unspecified atom stereocenters. The highest BCUT2D eigenvalue weighted by Gasteiger charge is 2.12. The zero-order valence-corrected chi connectivity index (χ0v) is 8.80. The molecule has 1 rings (SSSR count). The minimum Gasteiger partial charge on any atom is -0.377 e. The summed E-state index contributed by atoms with van der Waals surface area (Å²) >= 11 is 0. The minimum atomic E-state index is 0.810. The Labute approximate surface area is 82.2 Å². The van der Waals surface area contributed by atoms with Crippen LogP contribution in [0.3, 0.4) is 0 Å². The van der Waals surface area contributed by atoms with Crippen molar-refractivity contribution in [2.75, 3.05) is 13.2 Å². The van der Waals surface area contributed by atoms with E-state index >= 15 is 0 Å². The van der Waals surface area contributed by atoms with Gasteiger partial charge in [-0.3, -0.25) is 0 Å².